The van der Waals surface area contributed by atoms with Gasteiger partial charge < -0.3 is 4.57 Å². The lowest BCUT2D eigenvalue weighted by Crippen LogP contribution is -1.99. The van der Waals surface area contributed by atoms with Crippen LogP contribution in [0.25, 0.3) is 99.4 Å². The van der Waals surface area contributed by atoms with Crippen LogP contribution in [0, 0.1) is 0 Å². The van der Waals surface area contributed by atoms with E-state index in [9.17, 15) is 0 Å². The van der Waals surface area contributed by atoms with Crippen LogP contribution in [-0.2, 0) is 0 Å². The van der Waals surface area contributed by atoms with Crippen LogP contribution in [0.1, 0.15) is 0 Å². The lowest BCUT2D eigenvalue weighted by atomic mass is 10.0. The predicted octanol–water partition coefficient (Wildman–Crippen LogP) is 11.7. The minimum Gasteiger partial charge on any atom is -0.309 e. The topological polar surface area (TPSA) is 48.5 Å². The van der Waals surface area contributed by atoms with Crippen molar-refractivity contribution < 1.29 is 0 Å². The maximum atomic E-state index is 5.25. The van der Waals surface area contributed by atoms with Crippen molar-refractivity contribution in [3.63, 3.8) is 0 Å². The molecular formula is C47H29N5. The van der Waals surface area contributed by atoms with E-state index >= 15 is 0 Å². The minimum atomic E-state index is 0.712. The maximum Gasteiger partial charge on any atom is 0.161 e. The first-order valence-corrected chi connectivity index (χ1v) is 17.5. The second-order valence-corrected chi connectivity index (χ2v) is 13.2. The Kier molecular flexibility index (Phi) is 6.18. The third-order valence-corrected chi connectivity index (χ3v) is 10.4. The molecule has 11 rings (SSSR count). The zero-order valence-corrected chi connectivity index (χ0v) is 28.0. The summed E-state index contributed by atoms with van der Waals surface area (Å²) >= 11 is 0. The molecule has 0 radical (unpaired) electrons. The zero-order chi connectivity index (χ0) is 34.2. The summed E-state index contributed by atoms with van der Waals surface area (Å²) in [5.41, 5.74) is 9.59. The van der Waals surface area contributed by atoms with Crippen molar-refractivity contribution >= 4 is 65.3 Å². The molecule has 4 heterocycles. The number of aromatic nitrogens is 5. The van der Waals surface area contributed by atoms with Gasteiger partial charge in [0.2, 0.25) is 0 Å². The minimum absolute atomic E-state index is 0.712. The molecule has 5 nitrogen and oxygen atoms in total. The molecule has 0 spiro atoms. The highest BCUT2D eigenvalue weighted by atomic mass is 15.1. The first kappa shape index (κ1) is 28.7. The van der Waals surface area contributed by atoms with Crippen LogP contribution in [0.2, 0.25) is 0 Å². The van der Waals surface area contributed by atoms with Crippen molar-refractivity contribution in [2.24, 2.45) is 0 Å². The van der Waals surface area contributed by atoms with Crippen LogP contribution in [0.3, 0.4) is 0 Å². The molecule has 0 saturated carbocycles. The quantitative estimate of drug-likeness (QED) is 0.188. The van der Waals surface area contributed by atoms with E-state index in [1.54, 1.807) is 0 Å². The highest BCUT2D eigenvalue weighted by molar-refractivity contribution is 6.19. The zero-order valence-electron chi connectivity index (χ0n) is 28.0. The summed E-state index contributed by atoms with van der Waals surface area (Å²) in [6.45, 7) is 0. The van der Waals surface area contributed by atoms with Gasteiger partial charge in [0.15, 0.2) is 5.82 Å². The summed E-state index contributed by atoms with van der Waals surface area (Å²) in [6, 6.07) is 59.9. The molecule has 0 aliphatic carbocycles. The third-order valence-electron chi connectivity index (χ3n) is 10.4. The number of nitrogens with zero attached hydrogens (tertiary/aromatic N) is 5. The van der Waals surface area contributed by atoms with Crippen molar-refractivity contribution in [2.75, 3.05) is 0 Å². The average molecular weight is 664 g/mol. The van der Waals surface area contributed by atoms with Gasteiger partial charge in [0.25, 0.3) is 0 Å². The monoisotopic (exact) mass is 663 g/mol. The van der Waals surface area contributed by atoms with E-state index in [1.165, 1.54) is 21.5 Å². The predicted molar refractivity (Wildman–Crippen MR) is 214 cm³/mol. The highest BCUT2D eigenvalue weighted by Gasteiger charge is 2.21. The smallest absolute Gasteiger partial charge is 0.161 e. The molecule has 4 aromatic heterocycles. The Morgan fingerprint density at radius 1 is 0.385 bits per heavy atom. The van der Waals surface area contributed by atoms with Crippen LogP contribution in [0.4, 0.5) is 0 Å². The Morgan fingerprint density at radius 2 is 1.00 bits per heavy atom. The number of hydrogen-bond acceptors (Lipinski definition) is 3. The fourth-order valence-corrected chi connectivity index (χ4v) is 8.11. The Balaban J connectivity index is 1.20. The molecule has 52 heavy (non-hydrogen) atoms. The first-order valence-electron chi connectivity index (χ1n) is 17.5. The summed E-state index contributed by atoms with van der Waals surface area (Å²) in [5, 5.41) is 8.12. The fourth-order valence-electron chi connectivity index (χ4n) is 8.11. The molecule has 0 N–H and O–H groups in total. The standard InChI is InChI=1S/C47H29N5/c1-2-14-30(15-3-1)46-36-20-6-9-21-39(36)49-47(50-46)35-25-26-42(32-17-5-4-16-31(32)35)51-40-22-10-7-18-33(40)37-28-38-34-19-8-11-23-41(34)52(44(38)29-43(37)51)45-24-12-13-27-48-45/h1-29H. The van der Waals surface area contributed by atoms with Gasteiger partial charge >= 0.3 is 0 Å². The molecule has 0 aliphatic rings. The van der Waals surface area contributed by atoms with Gasteiger partial charge in [-0.2, -0.15) is 0 Å². The SMILES string of the molecule is c1ccc(-c2nc(-c3ccc(-n4c5ccccc5c5cc6c7ccccc7n(-c7ccccn7)c6cc54)c4ccccc34)nc3ccccc23)cc1. The number of para-hydroxylation sites is 3. The second kappa shape index (κ2) is 11.2. The van der Waals surface area contributed by atoms with Crippen molar-refractivity contribution in [3.8, 4) is 34.2 Å². The van der Waals surface area contributed by atoms with E-state index in [4.69, 9.17) is 15.0 Å². The molecule has 7 aromatic carbocycles. The van der Waals surface area contributed by atoms with E-state index in [1.807, 2.05) is 30.5 Å². The van der Waals surface area contributed by atoms with Gasteiger partial charge in [-0.15, -0.1) is 0 Å². The Hall–Kier alpha value is -7.11. The van der Waals surface area contributed by atoms with Crippen molar-refractivity contribution in [1.82, 2.24) is 24.1 Å². The average Bonchev–Trinajstić information content (AvgIpc) is 3.71. The van der Waals surface area contributed by atoms with Crippen LogP contribution in [0.15, 0.2) is 176 Å². The third kappa shape index (κ3) is 4.20. The van der Waals surface area contributed by atoms with E-state index < -0.39 is 0 Å². The Labute approximate surface area is 298 Å². The van der Waals surface area contributed by atoms with Gasteiger partial charge in [-0.1, -0.05) is 115 Å². The second-order valence-electron chi connectivity index (χ2n) is 13.2. The van der Waals surface area contributed by atoms with E-state index in [2.05, 4.69) is 155 Å². The Morgan fingerprint density at radius 3 is 1.75 bits per heavy atom. The van der Waals surface area contributed by atoms with Crippen molar-refractivity contribution in [2.45, 2.75) is 0 Å². The van der Waals surface area contributed by atoms with Gasteiger partial charge in [0, 0.05) is 49.6 Å². The molecule has 242 valence electrons. The first-order chi connectivity index (χ1) is 25.8. The van der Waals surface area contributed by atoms with Gasteiger partial charge in [0.05, 0.1) is 39.0 Å². The molecule has 0 amide bonds. The lowest BCUT2D eigenvalue weighted by Gasteiger charge is -2.15. The van der Waals surface area contributed by atoms with Crippen LogP contribution >= 0.6 is 0 Å². The number of hydrogen-bond donors (Lipinski definition) is 0. The fraction of sp³-hybridized carbons (Fsp3) is 0. The van der Waals surface area contributed by atoms with E-state index in [0.29, 0.717) is 5.82 Å². The van der Waals surface area contributed by atoms with E-state index in [0.717, 1.165) is 72.1 Å². The molecule has 0 fully saturated rings. The number of pyridine rings is 1. The van der Waals surface area contributed by atoms with Gasteiger partial charge in [-0.25, -0.2) is 15.0 Å². The normalized spacial score (nSPS) is 11.8. The Bertz CT molecular complexity index is 3180. The van der Waals surface area contributed by atoms with Gasteiger partial charge in [-0.3, -0.25) is 4.57 Å². The van der Waals surface area contributed by atoms with Crippen LogP contribution in [-0.4, -0.2) is 24.1 Å². The van der Waals surface area contributed by atoms with Gasteiger partial charge in [0.1, 0.15) is 5.82 Å². The van der Waals surface area contributed by atoms with Gasteiger partial charge in [-0.05, 0) is 60.0 Å². The molecule has 0 atom stereocenters. The van der Waals surface area contributed by atoms with Crippen molar-refractivity contribution in [3.05, 3.63) is 176 Å². The molecule has 11 aromatic rings. The summed E-state index contributed by atoms with van der Waals surface area (Å²) in [5.74, 6) is 1.61. The molecule has 0 aliphatic heterocycles. The van der Waals surface area contributed by atoms with Crippen molar-refractivity contribution in [1.29, 1.82) is 0 Å². The number of fused-ring (bicyclic) bond motifs is 8. The van der Waals surface area contributed by atoms with Crippen LogP contribution in [0.5, 0.6) is 0 Å². The molecular weight excluding hydrogens is 635 g/mol. The van der Waals surface area contributed by atoms with E-state index in [-0.39, 0.29) is 0 Å². The molecule has 0 bridgehead atoms. The summed E-state index contributed by atoms with van der Waals surface area (Å²) < 4.78 is 4.71. The molecule has 0 unspecified atom stereocenters. The number of rotatable bonds is 4. The highest BCUT2D eigenvalue weighted by Crippen LogP contribution is 2.42. The maximum absolute atomic E-state index is 5.25. The largest absolute Gasteiger partial charge is 0.309 e. The molecule has 0 saturated heterocycles. The lowest BCUT2D eigenvalue weighted by molar-refractivity contribution is 1.08. The van der Waals surface area contributed by atoms with Crippen LogP contribution < -0.4 is 0 Å². The molecule has 5 heteroatoms. The number of benzene rings is 7. The summed E-state index contributed by atoms with van der Waals surface area (Å²) in [6.07, 6.45) is 1.86. The summed E-state index contributed by atoms with van der Waals surface area (Å²) in [4.78, 5) is 15.2. The summed E-state index contributed by atoms with van der Waals surface area (Å²) in [7, 11) is 0.